The second kappa shape index (κ2) is 10.8. The summed E-state index contributed by atoms with van der Waals surface area (Å²) in [5, 5.41) is 0.764. The number of carbonyl (C=O) groups excluding carboxylic acids is 3. The van der Waals surface area contributed by atoms with E-state index >= 15 is 0 Å². The van der Waals surface area contributed by atoms with E-state index in [1.54, 1.807) is 78.9 Å². The molecule has 6 nitrogen and oxygen atoms in total. The van der Waals surface area contributed by atoms with E-state index < -0.39 is 5.97 Å². The Morgan fingerprint density at radius 3 is 2.09 bits per heavy atom. The van der Waals surface area contributed by atoms with Crippen LogP contribution in [0.25, 0.3) is 6.08 Å². The van der Waals surface area contributed by atoms with E-state index in [4.69, 9.17) is 32.7 Å². The topological polar surface area (TPSA) is 72.9 Å². The van der Waals surface area contributed by atoms with E-state index in [0.29, 0.717) is 37.6 Å². The first-order chi connectivity index (χ1) is 16.4. The van der Waals surface area contributed by atoms with Gasteiger partial charge in [0.05, 0.1) is 17.0 Å². The molecule has 0 radical (unpaired) electrons. The summed E-state index contributed by atoms with van der Waals surface area (Å²) in [7, 11) is 0. The van der Waals surface area contributed by atoms with Gasteiger partial charge in [-0.05, 0) is 84.1 Å². The Balaban J connectivity index is 1.34. The van der Waals surface area contributed by atoms with Crippen LogP contribution in [-0.4, -0.2) is 35.2 Å². The average molecular weight is 514 g/mol. The molecule has 1 aliphatic heterocycles. The molecule has 0 aromatic heterocycles. The van der Waals surface area contributed by atoms with Gasteiger partial charge in [-0.25, -0.2) is 4.79 Å². The van der Waals surface area contributed by atoms with Crippen LogP contribution in [-0.2, 0) is 4.79 Å². The fraction of sp³-hybridized carbons (Fsp3) is 0.0800. The van der Waals surface area contributed by atoms with Crippen LogP contribution in [0.4, 0.5) is 4.79 Å². The van der Waals surface area contributed by atoms with Crippen molar-refractivity contribution in [3.05, 3.63) is 98.9 Å². The maximum atomic E-state index is 12.7. The van der Waals surface area contributed by atoms with Crippen LogP contribution in [0.15, 0.2) is 77.7 Å². The second-order valence-corrected chi connectivity index (χ2v) is 8.97. The molecule has 0 atom stereocenters. The molecule has 1 heterocycles. The van der Waals surface area contributed by atoms with Gasteiger partial charge in [-0.3, -0.25) is 14.5 Å². The summed E-state index contributed by atoms with van der Waals surface area (Å²) < 4.78 is 10.9. The smallest absolute Gasteiger partial charge is 0.343 e. The van der Waals surface area contributed by atoms with Crippen LogP contribution in [0.5, 0.6) is 11.5 Å². The Bertz CT molecular complexity index is 1240. The third-order valence-electron chi connectivity index (χ3n) is 4.74. The van der Waals surface area contributed by atoms with Gasteiger partial charge in [-0.15, -0.1) is 0 Å². The predicted molar refractivity (Wildman–Crippen MR) is 132 cm³/mol. The summed E-state index contributed by atoms with van der Waals surface area (Å²) in [6, 6.07) is 19.8. The van der Waals surface area contributed by atoms with E-state index in [0.717, 1.165) is 16.7 Å². The van der Waals surface area contributed by atoms with Crippen molar-refractivity contribution in [2.75, 3.05) is 13.2 Å². The number of esters is 1. The van der Waals surface area contributed by atoms with E-state index in [-0.39, 0.29) is 24.3 Å². The second-order valence-electron chi connectivity index (χ2n) is 7.10. The first-order valence-corrected chi connectivity index (χ1v) is 11.7. The molecule has 0 N–H and O–H groups in total. The molecule has 1 fully saturated rings. The molecule has 0 bridgehead atoms. The highest BCUT2D eigenvalue weighted by Crippen LogP contribution is 2.32. The number of hydrogen-bond acceptors (Lipinski definition) is 6. The van der Waals surface area contributed by atoms with Gasteiger partial charge in [0.2, 0.25) is 0 Å². The Kier molecular flexibility index (Phi) is 7.57. The zero-order valence-electron chi connectivity index (χ0n) is 17.6. The summed E-state index contributed by atoms with van der Waals surface area (Å²) in [5.74, 6) is 0.0626. The first kappa shape index (κ1) is 23.9. The SMILES string of the molecule is O=C(Oc1ccc(/C=C2\SC(=O)N(CCOc3ccc(Cl)cc3)C2=O)cc1)c1ccc(Cl)cc1. The molecule has 1 aliphatic rings. The number of hydrogen-bond donors (Lipinski definition) is 0. The third kappa shape index (κ3) is 5.99. The highest BCUT2D eigenvalue weighted by Gasteiger charge is 2.34. The van der Waals surface area contributed by atoms with Gasteiger partial charge in [0.25, 0.3) is 11.1 Å². The number of imide groups is 1. The van der Waals surface area contributed by atoms with Crippen LogP contribution in [0.1, 0.15) is 15.9 Å². The summed E-state index contributed by atoms with van der Waals surface area (Å²) in [4.78, 5) is 38.6. The van der Waals surface area contributed by atoms with Crippen molar-refractivity contribution in [1.82, 2.24) is 4.90 Å². The Morgan fingerprint density at radius 1 is 0.853 bits per heavy atom. The lowest BCUT2D eigenvalue weighted by atomic mass is 10.2. The van der Waals surface area contributed by atoms with E-state index in [1.165, 1.54) is 0 Å². The number of benzene rings is 3. The third-order valence-corrected chi connectivity index (χ3v) is 6.15. The van der Waals surface area contributed by atoms with Crippen molar-refractivity contribution in [2.45, 2.75) is 0 Å². The van der Waals surface area contributed by atoms with Crippen molar-refractivity contribution in [3.63, 3.8) is 0 Å². The van der Waals surface area contributed by atoms with Gasteiger partial charge in [-0.2, -0.15) is 0 Å². The standard InChI is InChI=1S/C25H17Cl2NO5S/c26-18-5-3-17(4-6-18)24(30)33-21-9-1-16(2-10-21)15-22-23(29)28(25(31)34-22)13-14-32-20-11-7-19(27)8-12-20/h1-12,15H,13-14H2/b22-15-. The molecule has 3 aromatic carbocycles. The maximum Gasteiger partial charge on any atom is 0.343 e. The molecule has 172 valence electrons. The van der Waals surface area contributed by atoms with Crippen LogP contribution >= 0.6 is 35.0 Å². The Hall–Kier alpha value is -3.26. The van der Waals surface area contributed by atoms with Gasteiger partial charge in [0.15, 0.2) is 0 Å². The van der Waals surface area contributed by atoms with Crippen LogP contribution in [0.2, 0.25) is 10.0 Å². The van der Waals surface area contributed by atoms with E-state index in [1.807, 2.05) is 0 Å². The van der Waals surface area contributed by atoms with Crippen molar-refractivity contribution in [3.8, 4) is 11.5 Å². The highest BCUT2D eigenvalue weighted by atomic mass is 35.5. The number of thioether (sulfide) groups is 1. The quantitative estimate of drug-likeness (QED) is 0.209. The van der Waals surface area contributed by atoms with Crippen LogP contribution in [0, 0.1) is 0 Å². The van der Waals surface area contributed by atoms with Gasteiger partial charge in [0.1, 0.15) is 18.1 Å². The van der Waals surface area contributed by atoms with Gasteiger partial charge in [-0.1, -0.05) is 35.3 Å². The zero-order chi connectivity index (χ0) is 24.1. The molecule has 1 saturated heterocycles. The fourth-order valence-corrected chi connectivity index (χ4v) is 4.13. The maximum absolute atomic E-state index is 12.7. The Labute approximate surface area is 210 Å². The number of nitrogens with zero attached hydrogens (tertiary/aromatic N) is 1. The summed E-state index contributed by atoms with van der Waals surface area (Å²) in [6.45, 7) is 0.296. The molecule has 0 saturated carbocycles. The minimum Gasteiger partial charge on any atom is -0.492 e. The molecule has 0 aliphatic carbocycles. The molecule has 3 aromatic rings. The number of halogens is 2. The van der Waals surface area contributed by atoms with Crippen LogP contribution < -0.4 is 9.47 Å². The summed E-state index contributed by atoms with van der Waals surface area (Å²) in [5.41, 5.74) is 1.07. The zero-order valence-corrected chi connectivity index (χ0v) is 19.9. The normalized spacial score (nSPS) is 14.5. The monoisotopic (exact) mass is 513 g/mol. The lowest BCUT2D eigenvalue weighted by Gasteiger charge is -2.13. The lowest BCUT2D eigenvalue weighted by molar-refractivity contribution is -0.123. The molecule has 9 heteroatoms. The molecule has 4 rings (SSSR count). The summed E-state index contributed by atoms with van der Waals surface area (Å²) in [6.07, 6.45) is 1.62. The number of rotatable bonds is 7. The van der Waals surface area contributed by atoms with Gasteiger partial charge >= 0.3 is 5.97 Å². The molecule has 34 heavy (non-hydrogen) atoms. The molecular formula is C25H17Cl2NO5S. The number of amides is 2. The first-order valence-electron chi connectivity index (χ1n) is 10.1. The van der Waals surface area contributed by atoms with Crippen LogP contribution in [0.3, 0.4) is 0 Å². The molecule has 0 spiro atoms. The average Bonchev–Trinajstić information content (AvgIpc) is 3.09. The van der Waals surface area contributed by atoms with Crippen molar-refractivity contribution in [2.24, 2.45) is 0 Å². The molecule has 2 amide bonds. The van der Waals surface area contributed by atoms with E-state index in [9.17, 15) is 14.4 Å². The molecular weight excluding hydrogens is 497 g/mol. The van der Waals surface area contributed by atoms with Crippen molar-refractivity contribution in [1.29, 1.82) is 0 Å². The highest BCUT2D eigenvalue weighted by molar-refractivity contribution is 8.18. The number of carbonyl (C=O) groups is 3. The predicted octanol–water partition coefficient (Wildman–Crippen LogP) is 6.33. The largest absolute Gasteiger partial charge is 0.492 e. The van der Waals surface area contributed by atoms with Gasteiger partial charge in [0, 0.05) is 10.0 Å². The van der Waals surface area contributed by atoms with Gasteiger partial charge < -0.3 is 9.47 Å². The summed E-state index contributed by atoms with van der Waals surface area (Å²) >= 11 is 12.5. The minimum atomic E-state index is -0.508. The lowest BCUT2D eigenvalue weighted by Crippen LogP contribution is -2.32. The fourth-order valence-electron chi connectivity index (χ4n) is 3.01. The molecule has 0 unspecified atom stereocenters. The van der Waals surface area contributed by atoms with E-state index in [2.05, 4.69) is 0 Å². The van der Waals surface area contributed by atoms with Crippen molar-refractivity contribution < 1.29 is 23.9 Å². The number of ether oxygens (including phenoxy) is 2. The minimum absolute atomic E-state index is 0.129. The Morgan fingerprint density at radius 2 is 1.44 bits per heavy atom. The van der Waals surface area contributed by atoms with Crippen molar-refractivity contribution >= 4 is 58.2 Å².